The number of carbonyl (C=O) groups excluding carboxylic acids is 1. The first-order chi connectivity index (χ1) is 9.65. The van der Waals surface area contributed by atoms with E-state index in [2.05, 4.69) is 9.72 Å². The second-order valence-corrected chi connectivity index (χ2v) is 3.94. The number of methoxy groups -OCH3 is 1. The molecule has 104 valence electrons. The maximum absolute atomic E-state index is 11.9. The molecule has 1 heterocycles. The average molecular weight is 274 g/mol. The number of aromatic nitrogens is 2. The van der Waals surface area contributed by atoms with Crippen molar-refractivity contribution in [2.24, 2.45) is 0 Å². The van der Waals surface area contributed by atoms with E-state index < -0.39 is 5.97 Å². The highest BCUT2D eigenvalue weighted by molar-refractivity contribution is 5.89. The first kappa shape index (κ1) is 13.8. The highest BCUT2D eigenvalue weighted by Crippen LogP contribution is 2.17. The van der Waals surface area contributed by atoms with Crippen molar-refractivity contribution in [3.63, 3.8) is 0 Å². The summed E-state index contributed by atoms with van der Waals surface area (Å²) in [6.45, 7) is 2.40. The molecule has 0 bridgehead atoms. The number of nitrogens with zero attached hydrogens (tertiary/aromatic N) is 2. The molecule has 0 amide bonds. The lowest BCUT2D eigenvalue weighted by atomic mass is 10.2. The smallest absolute Gasteiger partial charge is 0.337 e. The van der Waals surface area contributed by atoms with E-state index in [1.54, 1.807) is 30.5 Å². The number of esters is 1. The van der Waals surface area contributed by atoms with E-state index in [0.29, 0.717) is 17.9 Å². The van der Waals surface area contributed by atoms with Gasteiger partial charge in [0.05, 0.1) is 12.7 Å². The molecule has 0 fully saturated rings. The summed E-state index contributed by atoms with van der Waals surface area (Å²) in [5.74, 6) is -0.000927. The van der Waals surface area contributed by atoms with E-state index in [-0.39, 0.29) is 11.4 Å². The predicted octanol–water partition coefficient (Wildman–Crippen LogP) is 1.84. The minimum Gasteiger partial charge on any atom is -0.465 e. The molecule has 2 rings (SSSR count). The Morgan fingerprint density at radius 1 is 1.30 bits per heavy atom. The number of hydrogen-bond donors (Lipinski definition) is 0. The van der Waals surface area contributed by atoms with Gasteiger partial charge in [0.1, 0.15) is 5.75 Å². The molecule has 6 nitrogen and oxygen atoms in total. The Bertz CT molecular complexity index is 662. The van der Waals surface area contributed by atoms with E-state index >= 15 is 0 Å². The van der Waals surface area contributed by atoms with Gasteiger partial charge in [-0.3, -0.25) is 4.79 Å². The van der Waals surface area contributed by atoms with Crippen LogP contribution in [0.15, 0.2) is 41.5 Å². The zero-order chi connectivity index (χ0) is 14.5. The van der Waals surface area contributed by atoms with Crippen LogP contribution in [0.4, 0.5) is 0 Å². The van der Waals surface area contributed by atoms with E-state index in [4.69, 9.17) is 4.74 Å². The molecule has 0 aliphatic heterocycles. The summed E-state index contributed by atoms with van der Waals surface area (Å²) in [7, 11) is 1.31. The summed E-state index contributed by atoms with van der Waals surface area (Å²) in [5.41, 5.74) is 0.110. The Kier molecular flexibility index (Phi) is 4.14. The molecule has 2 aromatic rings. The van der Waals surface area contributed by atoms with Crippen molar-refractivity contribution < 1.29 is 14.3 Å². The Balaban J connectivity index is 2.23. The summed E-state index contributed by atoms with van der Waals surface area (Å²) >= 11 is 0. The second kappa shape index (κ2) is 6.01. The van der Waals surface area contributed by atoms with Gasteiger partial charge in [-0.15, -0.1) is 0 Å². The largest absolute Gasteiger partial charge is 0.465 e. The normalized spacial score (nSPS) is 10.1. The van der Waals surface area contributed by atoms with Crippen LogP contribution < -0.4 is 10.3 Å². The van der Waals surface area contributed by atoms with E-state index in [0.717, 1.165) is 0 Å². The van der Waals surface area contributed by atoms with Crippen LogP contribution >= 0.6 is 0 Å². The fourth-order valence-corrected chi connectivity index (χ4v) is 1.63. The molecule has 1 aromatic carbocycles. The maximum Gasteiger partial charge on any atom is 0.337 e. The van der Waals surface area contributed by atoms with Gasteiger partial charge in [-0.2, -0.15) is 0 Å². The van der Waals surface area contributed by atoms with Gasteiger partial charge in [-0.25, -0.2) is 9.78 Å². The molecule has 6 heteroatoms. The number of aryl methyl sites for hydroxylation is 1. The molecule has 0 saturated heterocycles. The van der Waals surface area contributed by atoms with Crippen LogP contribution in [-0.4, -0.2) is 22.6 Å². The van der Waals surface area contributed by atoms with Gasteiger partial charge in [0.2, 0.25) is 0 Å². The number of hydrogen-bond acceptors (Lipinski definition) is 5. The molecule has 1 aromatic heterocycles. The van der Waals surface area contributed by atoms with Crippen molar-refractivity contribution in [1.29, 1.82) is 0 Å². The molecule has 0 aliphatic rings. The SMILES string of the molecule is CCn1ccnc(Oc2ccc(C(=O)OC)cc2)c1=O. The standard InChI is InChI=1S/C14H14N2O4/c1-3-16-9-8-15-12(13(16)17)20-11-6-4-10(5-7-11)14(18)19-2/h4-9H,3H2,1-2H3. The molecule has 20 heavy (non-hydrogen) atoms. The van der Waals surface area contributed by atoms with Crippen LogP contribution in [-0.2, 0) is 11.3 Å². The third-order valence-corrected chi connectivity index (χ3v) is 2.71. The highest BCUT2D eigenvalue weighted by atomic mass is 16.5. The maximum atomic E-state index is 11.9. The molecular weight excluding hydrogens is 260 g/mol. The summed E-state index contributed by atoms with van der Waals surface area (Å²) in [6.07, 6.45) is 3.10. The summed E-state index contributed by atoms with van der Waals surface area (Å²) in [5, 5.41) is 0. The molecule has 0 atom stereocenters. The van der Waals surface area contributed by atoms with Crippen molar-refractivity contribution >= 4 is 5.97 Å². The summed E-state index contributed by atoms with van der Waals surface area (Å²) in [6, 6.07) is 6.28. The molecule has 0 saturated carbocycles. The van der Waals surface area contributed by atoms with Crippen LogP contribution in [0.25, 0.3) is 0 Å². The fraction of sp³-hybridized carbons (Fsp3) is 0.214. The van der Waals surface area contributed by atoms with Gasteiger partial charge in [-0.05, 0) is 31.2 Å². The Morgan fingerprint density at radius 3 is 2.60 bits per heavy atom. The fourth-order valence-electron chi connectivity index (χ4n) is 1.63. The van der Waals surface area contributed by atoms with Crippen LogP contribution in [0.2, 0.25) is 0 Å². The van der Waals surface area contributed by atoms with Crippen LogP contribution in [0.5, 0.6) is 11.6 Å². The van der Waals surface area contributed by atoms with Crippen molar-refractivity contribution in [2.45, 2.75) is 13.5 Å². The lowest BCUT2D eigenvalue weighted by Crippen LogP contribution is -2.20. The Hall–Kier alpha value is -2.63. The second-order valence-electron chi connectivity index (χ2n) is 3.94. The molecule has 0 unspecified atom stereocenters. The minimum atomic E-state index is -0.428. The monoisotopic (exact) mass is 274 g/mol. The zero-order valence-corrected chi connectivity index (χ0v) is 11.2. The van der Waals surface area contributed by atoms with Crippen LogP contribution in [0.1, 0.15) is 17.3 Å². The molecule has 0 N–H and O–H groups in total. The lowest BCUT2D eigenvalue weighted by molar-refractivity contribution is 0.0600. The Morgan fingerprint density at radius 2 is 2.00 bits per heavy atom. The quantitative estimate of drug-likeness (QED) is 0.796. The molecule has 0 aliphatic carbocycles. The summed E-state index contributed by atoms with van der Waals surface area (Å²) < 4.78 is 11.5. The topological polar surface area (TPSA) is 70.4 Å². The van der Waals surface area contributed by atoms with Crippen molar-refractivity contribution in [3.8, 4) is 11.6 Å². The first-order valence-electron chi connectivity index (χ1n) is 6.07. The van der Waals surface area contributed by atoms with Gasteiger partial charge < -0.3 is 14.0 Å². The highest BCUT2D eigenvalue weighted by Gasteiger charge is 2.08. The van der Waals surface area contributed by atoms with Crippen LogP contribution in [0.3, 0.4) is 0 Å². The average Bonchev–Trinajstić information content (AvgIpc) is 2.49. The Labute approximate surface area is 115 Å². The minimum absolute atomic E-state index is 0.000156. The third-order valence-electron chi connectivity index (χ3n) is 2.71. The molecule has 0 radical (unpaired) electrons. The van der Waals surface area contributed by atoms with E-state index in [1.807, 2.05) is 6.92 Å². The van der Waals surface area contributed by atoms with Crippen molar-refractivity contribution in [2.75, 3.05) is 7.11 Å². The van der Waals surface area contributed by atoms with Crippen molar-refractivity contribution in [1.82, 2.24) is 9.55 Å². The third kappa shape index (κ3) is 2.85. The van der Waals surface area contributed by atoms with Gasteiger partial charge in [-0.1, -0.05) is 0 Å². The van der Waals surface area contributed by atoms with Gasteiger partial charge >= 0.3 is 11.5 Å². The summed E-state index contributed by atoms with van der Waals surface area (Å²) in [4.78, 5) is 27.1. The number of carbonyl (C=O) groups is 1. The number of benzene rings is 1. The van der Waals surface area contributed by atoms with Gasteiger partial charge in [0.25, 0.3) is 5.88 Å². The lowest BCUT2D eigenvalue weighted by Gasteiger charge is -2.07. The van der Waals surface area contributed by atoms with Crippen LogP contribution in [0, 0.1) is 0 Å². The van der Waals surface area contributed by atoms with Crippen molar-refractivity contribution in [3.05, 3.63) is 52.6 Å². The van der Waals surface area contributed by atoms with Gasteiger partial charge in [0, 0.05) is 18.9 Å². The zero-order valence-electron chi connectivity index (χ0n) is 11.2. The molecular formula is C14H14N2O4. The van der Waals surface area contributed by atoms with E-state index in [1.165, 1.54) is 17.9 Å². The van der Waals surface area contributed by atoms with E-state index in [9.17, 15) is 9.59 Å². The van der Waals surface area contributed by atoms with Gasteiger partial charge in [0.15, 0.2) is 0 Å². The first-order valence-corrected chi connectivity index (χ1v) is 6.07. The molecule has 0 spiro atoms. The predicted molar refractivity (Wildman–Crippen MR) is 72.0 cm³/mol. The number of rotatable bonds is 4. The number of ether oxygens (including phenoxy) is 2.